The third-order valence-corrected chi connectivity index (χ3v) is 9.73. The van der Waals surface area contributed by atoms with E-state index in [0.717, 1.165) is 5.57 Å². The average molecular weight is 577 g/mol. The Morgan fingerprint density at radius 3 is 2.45 bits per heavy atom. The lowest BCUT2D eigenvalue weighted by Gasteiger charge is -2.59. The standard InChI is InChI=1S/C34H40O8/c1-18(2)9-10-21-27-20(12-13-30(4,5)40-27)25(36)24-26(37)22-15-32(39-8)16-23-31(6,7)42-33(29(32)38,14-11-19(3)17-35)34(22,23)41-28(21)24/h9,11-13,15,23,35-36H,10,14,16-17H2,1-8H3/b19-11+/t23?,32-,33-,34+/m0/s1. The number of phenolic OH excluding ortho intramolecular Hbond substituents is 1. The predicted molar refractivity (Wildman–Crippen MR) is 157 cm³/mol. The summed E-state index contributed by atoms with van der Waals surface area (Å²) in [5.74, 6) is -0.709. The van der Waals surface area contributed by atoms with Gasteiger partial charge in [-0.15, -0.1) is 0 Å². The van der Waals surface area contributed by atoms with E-state index in [0.29, 0.717) is 28.9 Å². The normalized spacial score (nSPS) is 32.8. The predicted octanol–water partition coefficient (Wildman–Crippen LogP) is 5.19. The number of ketones is 2. The van der Waals surface area contributed by atoms with Crippen LogP contribution in [0.15, 0.2) is 41.0 Å². The second kappa shape index (κ2) is 8.91. The number of phenols is 1. The van der Waals surface area contributed by atoms with Crippen molar-refractivity contribution in [3.05, 3.63) is 57.7 Å². The second-order valence-electron chi connectivity index (χ2n) is 13.6. The first-order valence-corrected chi connectivity index (χ1v) is 14.6. The van der Waals surface area contributed by atoms with Crippen LogP contribution >= 0.6 is 0 Å². The summed E-state index contributed by atoms with van der Waals surface area (Å²) in [7, 11) is 1.47. The van der Waals surface area contributed by atoms with E-state index in [4.69, 9.17) is 18.9 Å². The number of aliphatic hydroxyl groups excluding tert-OH is 1. The van der Waals surface area contributed by atoms with Crippen LogP contribution in [0.5, 0.6) is 17.2 Å². The summed E-state index contributed by atoms with van der Waals surface area (Å²) in [5, 5.41) is 21.4. The summed E-state index contributed by atoms with van der Waals surface area (Å²) in [6.45, 7) is 13.2. The molecule has 2 fully saturated rings. The molecular weight excluding hydrogens is 536 g/mol. The third kappa shape index (κ3) is 3.52. The number of hydrogen-bond donors (Lipinski definition) is 2. The lowest BCUT2D eigenvalue weighted by atomic mass is 9.49. The van der Waals surface area contributed by atoms with Crippen LogP contribution in [-0.2, 0) is 20.7 Å². The topological polar surface area (TPSA) is 112 Å². The van der Waals surface area contributed by atoms with Crippen molar-refractivity contribution < 1.29 is 38.7 Å². The summed E-state index contributed by atoms with van der Waals surface area (Å²) in [6.07, 6.45) is 9.80. The third-order valence-electron chi connectivity index (χ3n) is 9.73. The number of carbonyl (C=O) groups excluding carboxylic acids is 2. The minimum atomic E-state index is -1.61. The molecule has 1 aromatic rings. The highest BCUT2D eigenvalue weighted by atomic mass is 16.6. The van der Waals surface area contributed by atoms with Gasteiger partial charge in [0.15, 0.2) is 17.0 Å². The van der Waals surface area contributed by atoms with Gasteiger partial charge in [0, 0.05) is 30.6 Å². The number of aliphatic hydroxyl groups is 1. The van der Waals surface area contributed by atoms with E-state index in [1.165, 1.54) is 7.11 Å². The molecule has 4 bridgehead atoms. The molecule has 8 heteroatoms. The fraction of sp³-hybridized carbons (Fsp3) is 0.529. The summed E-state index contributed by atoms with van der Waals surface area (Å²) in [4.78, 5) is 29.3. The molecule has 3 aliphatic heterocycles. The second-order valence-corrected chi connectivity index (χ2v) is 13.6. The molecule has 0 amide bonds. The molecule has 1 saturated carbocycles. The van der Waals surface area contributed by atoms with Crippen LogP contribution in [0.2, 0.25) is 0 Å². The van der Waals surface area contributed by atoms with Gasteiger partial charge >= 0.3 is 0 Å². The Hall–Kier alpha value is -3.20. The van der Waals surface area contributed by atoms with Gasteiger partial charge in [-0.25, -0.2) is 0 Å². The SMILES string of the molecule is CO[C@@]12C=C3C(=O)c4c(O)c5c(c(CC=C(C)C)c4O[C@@]34C(C1)C(C)(C)O[C@@]4(C/C=C(\C)CO)C2=O)OC(C)(C)C=C5. The van der Waals surface area contributed by atoms with Crippen molar-refractivity contribution in [2.45, 2.75) is 95.7 Å². The monoisotopic (exact) mass is 576 g/mol. The molecule has 8 nitrogen and oxygen atoms in total. The number of Topliss-reactive ketones (excluding diaryl/α,β-unsaturated/α-hetero) is 2. The van der Waals surface area contributed by atoms with E-state index >= 15 is 0 Å². The molecule has 4 atom stereocenters. The summed E-state index contributed by atoms with van der Waals surface area (Å²) in [6, 6.07) is 0. The Kier molecular flexibility index (Phi) is 6.13. The number of allylic oxidation sites excluding steroid dienone is 2. The van der Waals surface area contributed by atoms with Crippen LogP contribution in [0.25, 0.3) is 6.08 Å². The van der Waals surface area contributed by atoms with E-state index in [2.05, 4.69) is 0 Å². The fourth-order valence-corrected chi connectivity index (χ4v) is 7.65. The number of rotatable bonds is 6. The molecule has 1 unspecified atom stereocenters. The Morgan fingerprint density at radius 2 is 1.81 bits per heavy atom. The van der Waals surface area contributed by atoms with Gasteiger partial charge in [0.2, 0.25) is 5.78 Å². The van der Waals surface area contributed by atoms with Gasteiger partial charge in [-0.05, 0) is 79.5 Å². The van der Waals surface area contributed by atoms with E-state index in [1.54, 1.807) is 25.2 Å². The van der Waals surface area contributed by atoms with Gasteiger partial charge in [-0.1, -0.05) is 23.3 Å². The van der Waals surface area contributed by atoms with Crippen LogP contribution < -0.4 is 9.47 Å². The van der Waals surface area contributed by atoms with Crippen molar-refractivity contribution in [3.63, 3.8) is 0 Å². The molecule has 3 heterocycles. The maximum absolute atomic E-state index is 14.7. The molecule has 2 N–H and O–H groups in total. The zero-order valence-corrected chi connectivity index (χ0v) is 25.6. The zero-order chi connectivity index (χ0) is 30.6. The van der Waals surface area contributed by atoms with Crippen molar-refractivity contribution in [1.29, 1.82) is 0 Å². The smallest absolute Gasteiger partial charge is 0.205 e. The van der Waals surface area contributed by atoms with Gasteiger partial charge in [-0.2, -0.15) is 0 Å². The number of carbonyl (C=O) groups is 2. The number of hydrogen-bond acceptors (Lipinski definition) is 8. The first-order chi connectivity index (χ1) is 19.6. The molecule has 1 spiro atoms. The van der Waals surface area contributed by atoms with Gasteiger partial charge in [0.1, 0.15) is 34.0 Å². The molecule has 224 valence electrons. The lowest BCUT2D eigenvalue weighted by molar-refractivity contribution is -0.190. The summed E-state index contributed by atoms with van der Waals surface area (Å²) >= 11 is 0. The van der Waals surface area contributed by atoms with E-state index < -0.39 is 39.7 Å². The van der Waals surface area contributed by atoms with Gasteiger partial charge in [-0.3, -0.25) is 9.59 Å². The van der Waals surface area contributed by atoms with E-state index in [-0.39, 0.29) is 47.9 Å². The molecular formula is C34H40O8. The minimum absolute atomic E-state index is 0.0522. The Balaban J connectivity index is 1.70. The highest BCUT2D eigenvalue weighted by Gasteiger charge is 2.84. The molecule has 1 saturated heterocycles. The van der Waals surface area contributed by atoms with Crippen LogP contribution in [0.4, 0.5) is 0 Å². The van der Waals surface area contributed by atoms with Crippen molar-refractivity contribution in [1.82, 2.24) is 0 Å². The Morgan fingerprint density at radius 1 is 1.10 bits per heavy atom. The zero-order valence-electron chi connectivity index (χ0n) is 25.6. The van der Waals surface area contributed by atoms with Crippen LogP contribution in [0, 0.1) is 5.92 Å². The first kappa shape index (κ1) is 28.9. The highest BCUT2D eigenvalue weighted by Crippen LogP contribution is 2.70. The fourth-order valence-electron chi connectivity index (χ4n) is 7.65. The van der Waals surface area contributed by atoms with E-state index in [1.807, 2.05) is 53.7 Å². The van der Waals surface area contributed by atoms with Crippen molar-refractivity contribution in [2.24, 2.45) is 5.92 Å². The first-order valence-electron chi connectivity index (χ1n) is 14.6. The molecule has 0 radical (unpaired) electrons. The number of methoxy groups -OCH3 is 1. The molecule has 42 heavy (non-hydrogen) atoms. The molecule has 3 aliphatic carbocycles. The molecule has 6 aliphatic rings. The Labute approximate surface area is 246 Å². The van der Waals surface area contributed by atoms with Crippen LogP contribution in [0.3, 0.4) is 0 Å². The number of fused-ring (bicyclic) bond motifs is 2. The van der Waals surface area contributed by atoms with Gasteiger partial charge < -0.3 is 29.2 Å². The maximum Gasteiger partial charge on any atom is 0.205 e. The highest BCUT2D eigenvalue weighted by molar-refractivity contribution is 6.20. The van der Waals surface area contributed by atoms with Crippen LogP contribution in [0.1, 0.15) is 82.8 Å². The molecule has 7 rings (SSSR count). The average Bonchev–Trinajstić information content (AvgIpc) is 3.08. The van der Waals surface area contributed by atoms with Crippen molar-refractivity contribution in [2.75, 3.05) is 13.7 Å². The number of benzene rings is 1. The van der Waals surface area contributed by atoms with E-state index in [9.17, 15) is 19.8 Å². The van der Waals surface area contributed by atoms with Crippen molar-refractivity contribution in [3.8, 4) is 17.2 Å². The summed E-state index contributed by atoms with van der Waals surface area (Å²) < 4.78 is 26.3. The van der Waals surface area contributed by atoms with Crippen molar-refractivity contribution >= 4 is 17.6 Å². The van der Waals surface area contributed by atoms with Crippen LogP contribution in [-0.4, -0.2) is 63.5 Å². The quantitative estimate of drug-likeness (QED) is 0.445. The largest absolute Gasteiger partial charge is 0.506 e. The molecule has 0 aromatic heterocycles. The maximum atomic E-state index is 14.7. The lowest BCUT2D eigenvalue weighted by Crippen LogP contribution is -2.77. The number of ether oxygens (including phenoxy) is 4. The van der Waals surface area contributed by atoms with Gasteiger partial charge in [0.05, 0.1) is 17.8 Å². The number of aromatic hydroxyl groups is 1. The summed E-state index contributed by atoms with van der Waals surface area (Å²) in [5.41, 5.74) is -2.91. The van der Waals surface area contributed by atoms with Gasteiger partial charge in [0.25, 0.3) is 0 Å². The minimum Gasteiger partial charge on any atom is -0.506 e. The Bertz CT molecular complexity index is 1550. The molecule has 1 aromatic carbocycles.